The molecule has 1 amide bonds. The normalized spacial score (nSPS) is 18.3. The van der Waals surface area contributed by atoms with Gasteiger partial charge in [-0.15, -0.1) is 0 Å². The number of rotatable bonds is 1. The Bertz CT molecular complexity index is 439. The first-order valence-electron chi connectivity index (χ1n) is 4.18. The van der Waals surface area contributed by atoms with Crippen LogP contribution in [0, 0.1) is 0 Å². The molecule has 0 bridgehead atoms. The third kappa shape index (κ3) is 1.55. The van der Waals surface area contributed by atoms with Crippen molar-refractivity contribution in [2.75, 3.05) is 12.4 Å². The molecule has 1 unspecified atom stereocenters. The molecular weight excluding hydrogens is 220 g/mol. The van der Waals surface area contributed by atoms with Crippen LogP contribution in [0.15, 0.2) is 12.1 Å². The highest BCUT2D eigenvalue weighted by molar-refractivity contribution is 6.29. The van der Waals surface area contributed by atoms with Gasteiger partial charge in [0.05, 0.1) is 18.5 Å². The van der Waals surface area contributed by atoms with Gasteiger partial charge in [0.2, 0.25) is 5.91 Å². The zero-order chi connectivity index (χ0) is 11.0. The minimum absolute atomic E-state index is 0.235. The Balaban J connectivity index is 2.48. The summed E-state index contributed by atoms with van der Waals surface area (Å²) in [5, 5.41) is 2.76. The fraction of sp³-hybridized carbons (Fsp3) is 0.222. The van der Waals surface area contributed by atoms with Crippen molar-refractivity contribution in [2.45, 2.75) is 5.92 Å². The van der Waals surface area contributed by atoms with Crippen LogP contribution in [0.25, 0.3) is 0 Å². The zero-order valence-electron chi connectivity index (χ0n) is 7.78. The summed E-state index contributed by atoms with van der Waals surface area (Å²) in [5.41, 5.74) is 0.819. The van der Waals surface area contributed by atoms with E-state index in [4.69, 9.17) is 11.6 Å². The maximum absolute atomic E-state index is 11.4. The predicted octanol–water partition coefficient (Wildman–Crippen LogP) is 0.944. The van der Waals surface area contributed by atoms with Crippen molar-refractivity contribution >= 4 is 29.2 Å². The summed E-state index contributed by atoms with van der Waals surface area (Å²) in [6.45, 7) is 0. The molecule has 6 heteroatoms. The molecule has 2 heterocycles. The van der Waals surface area contributed by atoms with Crippen LogP contribution in [-0.2, 0) is 14.3 Å². The second-order valence-corrected chi connectivity index (χ2v) is 3.40. The fourth-order valence-corrected chi connectivity index (χ4v) is 1.60. The van der Waals surface area contributed by atoms with Crippen molar-refractivity contribution in [1.82, 2.24) is 4.98 Å². The topological polar surface area (TPSA) is 68.3 Å². The molecule has 0 radical (unpaired) electrons. The third-order valence-corrected chi connectivity index (χ3v) is 2.33. The number of methoxy groups -OCH3 is 1. The highest BCUT2D eigenvalue weighted by atomic mass is 35.5. The SMILES string of the molecule is COC(=O)C1C(=O)Nc2ccc(Cl)nc21. The molecule has 15 heavy (non-hydrogen) atoms. The lowest BCUT2D eigenvalue weighted by Crippen LogP contribution is -2.22. The minimum Gasteiger partial charge on any atom is -0.468 e. The summed E-state index contributed by atoms with van der Waals surface area (Å²) in [6.07, 6.45) is 0. The van der Waals surface area contributed by atoms with Crippen LogP contribution >= 0.6 is 11.6 Å². The number of hydrogen-bond donors (Lipinski definition) is 1. The van der Waals surface area contributed by atoms with Crippen LogP contribution < -0.4 is 5.32 Å². The average Bonchev–Trinajstić information content (AvgIpc) is 2.52. The summed E-state index contributed by atoms with van der Waals surface area (Å²) < 4.78 is 4.52. The van der Waals surface area contributed by atoms with Crippen molar-refractivity contribution in [3.63, 3.8) is 0 Å². The second-order valence-electron chi connectivity index (χ2n) is 3.01. The van der Waals surface area contributed by atoms with E-state index in [1.54, 1.807) is 12.1 Å². The lowest BCUT2D eigenvalue weighted by molar-refractivity contribution is -0.144. The molecule has 0 aliphatic carbocycles. The number of carbonyl (C=O) groups excluding carboxylic acids is 2. The fourth-order valence-electron chi connectivity index (χ4n) is 1.44. The number of nitrogens with zero attached hydrogens (tertiary/aromatic N) is 1. The van der Waals surface area contributed by atoms with Crippen LogP contribution in [-0.4, -0.2) is 24.0 Å². The maximum atomic E-state index is 11.4. The van der Waals surface area contributed by atoms with Gasteiger partial charge in [-0.1, -0.05) is 11.6 Å². The lowest BCUT2D eigenvalue weighted by atomic mass is 10.1. The Labute approximate surface area is 90.4 Å². The standard InChI is InChI=1S/C9H7ClN2O3/c1-15-9(14)6-7-4(11-8(6)13)2-3-5(10)12-7/h2-3,6H,1H3,(H,11,13). The molecule has 0 saturated heterocycles. The number of esters is 1. The Morgan fingerprint density at radius 3 is 3.00 bits per heavy atom. The summed E-state index contributed by atoms with van der Waals surface area (Å²) in [5.74, 6) is -2.09. The van der Waals surface area contributed by atoms with Crippen LogP contribution in [0.5, 0.6) is 0 Å². The molecule has 1 aliphatic rings. The lowest BCUT2D eigenvalue weighted by Gasteiger charge is -2.04. The second kappa shape index (κ2) is 3.51. The van der Waals surface area contributed by atoms with Crippen LogP contribution in [0.4, 0.5) is 5.69 Å². The van der Waals surface area contributed by atoms with E-state index in [2.05, 4.69) is 15.0 Å². The van der Waals surface area contributed by atoms with Crippen LogP contribution in [0.1, 0.15) is 11.6 Å². The van der Waals surface area contributed by atoms with E-state index in [1.807, 2.05) is 0 Å². The molecule has 1 aromatic rings. The van der Waals surface area contributed by atoms with Crippen LogP contribution in [0.3, 0.4) is 0 Å². The van der Waals surface area contributed by atoms with Crippen LogP contribution in [0.2, 0.25) is 5.15 Å². The minimum atomic E-state index is -1.01. The quantitative estimate of drug-likeness (QED) is 0.440. The molecule has 2 rings (SSSR count). The van der Waals surface area contributed by atoms with Gasteiger partial charge in [-0.05, 0) is 12.1 Å². The number of pyridine rings is 1. The van der Waals surface area contributed by atoms with Gasteiger partial charge < -0.3 is 10.1 Å². The van der Waals surface area contributed by atoms with Gasteiger partial charge in [0.25, 0.3) is 0 Å². The number of halogens is 1. The van der Waals surface area contributed by atoms with Crippen molar-refractivity contribution in [3.05, 3.63) is 23.0 Å². The van der Waals surface area contributed by atoms with Gasteiger partial charge in [-0.2, -0.15) is 0 Å². The number of nitrogens with one attached hydrogen (secondary N) is 1. The Morgan fingerprint density at radius 2 is 2.33 bits per heavy atom. The first kappa shape index (κ1) is 9.92. The number of fused-ring (bicyclic) bond motifs is 1. The van der Waals surface area contributed by atoms with E-state index >= 15 is 0 Å². The van der Waals surface area contributed by atoms with Gasteiger partial charge in [0, 0.05) is 0 Å². The van der Waals surface area contributed by atoms with Gasteiger partial charge >= 0.3 is 5.97 Å². The monoisotopic (exact) mass is 226 g/mol. The number of aromatic nitrogens is 1. The number of carbonyl (C=O) groups is 2. The molecular formula is C9H7ClN2O3. The van der Waals surface area contributed by atoms with E-state index in [-0.39, 0.29) is 5.15 Å². The molecule has 0 saturated carbocycles. The molecule has 1 atom stereocenters. The molecule has 1 aromatic heterocycles. The van der Waals surface area contributed by atoms with Crippen molar-refractivity contribution in [1.29, 1.82) is 0 Å². The highest BCUT2D eigenvalue weighted by Gasteiger charge is 2.38. The summed E-state index contributed by atoms with van der Waals surface area (Å²) in [6, 6.07) is 3.14. The molecule has 0 fully saturated rings. The molecule has 1 aliphatic heterocycles. The van der Waals surface area contributed by atoms with E-state index < -0.39 is 17.8 Å². The van der Waals surface area contributed by atoms with Crippen molar-refractivity contribution < 1.29 is 14.3 Å². The maximum Gasteiger partial charge on any atom is 0.324 e. The summed E-state index contributed by atoms with van der Waals surface area (Å²) in [4.78, 5) is 26.7. The number of ether oxygens (including phenoxy) is 1. The van der Waals surface area contributed by atoms with E-state index in [9.17, 15) is 9.59 Å². The van der Waals surface area contributed by atoms with Gasteiger partial charge in [0.15, 0.2) is 5.92 Å². The van der Waals surface area contributed by atoms with Gasteiger partial charge in [0.1, 0.15) is 5.15 Å². The summed E-state index contributed by atoms with van der Waals surface area (Å²) in [7, 11) is 1.22. The molecule has 78 valence electrons. The van der Waals surface area contributed by atoms with E-state index in [0.29, 0.717) is 11.4 Å². The summed E-state index contributed by atoms with van der Waals surface area (Å²) >= 11 is 5.68. The molecule has 5 nitrogen and oxygen atoms in total. The molecule has 0 aromatic carbocycles. The van der Waals surface area contributed by atoms with E-state index in [0.717, 1.165) is 0 Å². The smallest absolute Gasteiger partial charge is 0.324 e. The van der Waals surface area contributed by atoms with E-state index in [1.165, 1.54) is 7.11 Å². The highest BCUT2D eigenvalue weighted by Crippen LogP contribution is 2.32. The molecule has 1 N–H and O–H groups in total. The average molecular weight is 227 g/mol. The number of anilines is 1. The van der Waals surface area contributed by atoms with Gasteiger partial charge in [-0.3, -0.25) is 9.59 Å². The predicted molar refractivity (Wildman–Crippen MR) is 52.6 cm³/mol. The third-order valence-electron chi connectivity index (χ3n) is 2.12. The largest absolute Gasteiger partial charge is 0.468 e. The number of hydrogen-bond acceptors (Lipinski definition) is 4. The number of amides is 1. The first-order chi connectivity index (χ1) is 7.13. The van der Waals surface area contributed by atoms with Crippen molar-refractivity contribution in [2.24, 2.45) is 0 Å². The Hall–Kier alpha value is -1.62. The Kier molecular flexibility index (Phi) is 2.32. The van der Waals surface area contributed by atoms with Crippen molar-refractivity contribution in [3.8, 4) is 0 Å². The first-order valence-corrected chi connectivity index (χ1v) is 4.56. The molecule has 0 spiro atoms. The Morgan fingerprint density at radius 1 is 1.60 bits per heavy atom. The van der Waals surface area contributed by atoms with Gasteiger partial charge in [-0.25, -0.2) is 4.98 Å². The zero-order valence-corrected chi connectivity index (χ0v) is 8.54.